The van der Waals surface area contributed by atoms with E-state index in [1.165, 1.54) is 11.8 Å². The summed E-state index contributed by atoms with van der Waals surface area (Å²) in [7, 11) is 0. The van der Waals surface area contributed by atoms with Crippen molar-refractivity contribution in [1.82, 2.24) is 14.8 Å². The lowest BCUT2D eigenvalue weighted by Crippen LogP contribution is -2.15. The zero-order valence-corrected chi connectivity index (χ0v) is 15.3. The molecule has 2 rings (SSSR count). The quantitative estimate of drug-likeness (QED) is 0.736. The Morgan fingerprint density at radius 1 is 1.30 bits per heavy atom. The van der Waals surface area contributed by atoms with Crippen LogP contribution in [-0.4, -0.2) is 26.4 Å². The number of halogens is 2. The molecule has 1 amide bonds. The Bertz CT molecular complexity index is 690. The van der Waals surface area contributed by atoms with E-state index in [9.17, 15) is 4.79 Å². The van der Waals surface area contributed by atoms with Crippen LogP contribution < -0.4 is 5.32 Å². The van der Waals surface area contributed by atoms with Crippen molar-refractivity contribution in [2.45, 2.75) is 38.4 Å². The molecule has 0 spiro atoms. The first-order chi connectivity index (χ1) is 11.0. The van der Waals surface area contributed by atoms with Crippen LogP contribution in [0.4, 0.5) is 5.69 Å². The Morgan fingerprint density at radius 3 is 2.74 bits per heavy atom. The Morgan fingerprint density at radius 2 is 2.09 bits per heavy atom. The van der Waals surface area contributed by atoms with Crippen molar-refractivity contribution >= 4 is 46.6 Å². The molecule has 0 aliphatic carbocycles. The highest BCUT2D eigenvalue weighted by Crippen LogP contribution is 2.26. The van der Waals surface area contributed by atoms with Crippen LogP contribution in [0, 0.1) is 0 Å². The number of carbonyl (C=O) groups excluding carboxylic acids is 1. The molecule has 1 N–H and O–H groups in total. The monoisotopic (exact) mass is 372 g/mol. The summed E-state index contributed by atoms with van der Waals surface area (Å²) >= 11 is 13.2. The molecule has 0 aliphatic heterocycles. The molecule has 0 atom stereocenters. The van der Waals surface area contributed by atoms with Crippen molar-refractivity contribution in [3.05, 3.63) is 34.1 Å². The van der Waals surface area contributed by atoms with Gasteiger partial charge in [-0.2, -0.15) is 0 Å². The molecule has 0 unspecified atom stereocenters. The van der Waals surface area contributed by atoms with Crippen LogP contribution in [-0.2, 0) is 17.8 Å². The van der Waals surface area contributed by atoms with Crippen LogP contribution in [0.1, 0.15) is 26.1 Å². The number of aryl methyl sites for hydroxylation is 1. The molecule has 23 heavy (non-hydrogen) atoms. The van der Waals surface area contributed by atoms with Gasteiger partial charge in [0.2, 0.25) is 5.91 Å². The lowest BCUT2D eigenvalue weighted by Gasteiger charge is -2.08. The Hall–Kier alpha value is -1.24. The molecule has 0 aliphatic rings. The fourth-order valence-corrected chi connectivity index (χ4v) is 3.34. The molecule has 2 aromatic rings. The number of nitrogens with one attached hydrogen (secondary N) is 1. The highest BCUT2D eigenvalue weighted by atomic mass is 35.5. The van der Waals surface area contributed by atoms with Crippen molar-refractivity contribution in [3.8, 4) is 0 Å². The summed E-state index contributed by atoms with van der Waals surface area (Å²) < 4.78 is 2.04. The van der Waals surface area contributed by atoms with Crippen LogP contribution in [0.2, 0.25) is 10.0 Å². The average molecular weight is 373 g/mol. The van der Waals surface area contributed by atoms with Crippen molar-refractivity contribution in [1.29, 1.82) is 0 Å². The third-order valence-electron chi connectivity index (χ3n) is 3.12. The van der Waals surface area contributed by atoms with Crippen molar-refractivity contribution in [2.24, 2.45) is 0 Å². The van der Waals surface area contributed by atoms with Gasteiger partial charge in [0.15, 0.2) is 5.16 Å². The van der Waals surface area contributed by atoms with Crippen LogP contribution >= 0.6 is 35.0 Å². The fourth-order valence-electron chi connectivity index (χ4n) is 2.06. The Balaban J connectivity index is 1.96. The second-order valence-corrected chi connectivity index (χ2v) is 6.64. The van der Waals surface area contributed by atoms with Gasteiger partial charge in [-0.3, -0.25) is 4.79 Å². The molecule has 0 bridgehead atoms. The minimum Gasteiger partial charge on any atom is -0.324 e. The van der Waals surface area contributed by atoms with Gasteiger partial charge in [0.1, 0.15) is 5.82 Å². The van der Waals surface area contributed by atoms with Gasteiger partial charge in [0.05, 0.1) is 16.5 Å². The Kier molecular flexibility index (Phi) is 6.74. The first kappa shape index (κ1) is 18.1. The summed E-state index contributed by atoms with van der Waals surface area (Å²) in [5.41, 5.74) is 0.547. The average Bonchev–Trinajstić information content (AvgIpc) is 2.90. The van der Waals surface area contributed by atoms with Gasteiger partial charge < -0.3 is 9.88 Å². The number of amides is 1. The van der Waals surface area contributed by atoms with E-state index < -0.39 is 0 Å². The van der Waals surface area contributed by atoms with Crippen molar-refractivity contribution in [2.75, 3.05) is 11.1 Å². The summed E-state index contributed by atoms with van der Waals surface area (Å²) in [4.78, 5) is 12.1. The largest absolute Gasteiger partial charge is 0.324 e. The SMILES string of the molecule is CCCc1nnc(SCC(=O)Nc2ccc(Cl)cc2Cl)n1CC. The zero-order chi connectivity index (χ0) is 16.8. The summed E-state index contributed by atoms with van der Waals surface area (Å²) in [6.45, 7) is 4.93. The number of thioether (sulfide) groups is 1. The van der Waals surface area contributed by atoms with E-state index in [0.29, 0.717) is 15.7 Å². The maximum absolute atomic E-state index is 12.1. The van der Waals surface area contributed by atoms with Gasteiger partial charge in [0.25, 0.3) is 0 Å². The van der Waals surface area contributed by atoms with Gasteiger partial charge in [-0.05, 0) is 31.5 Å². The Labute approximate surface area is 149 Å². The van der Waals surface area contributed by atoms with Gasteiger partial charge in [-0.1, -0.05) is 41.9 Å². The second-order valence-electron chi connectivity index (χ2n) is 4.85. The number of anilines is 1. The summed E-state index contributed by atoms with van der Waals surface area (Å²) in [5.74, 6) is 1.05. The fraction of sp³-hybridized carbons (Fsp3) is 0.400. The molecule has 124 valence electrons. The molecule has 8 heteroatoms. The number of benzene rings is 1. The summed E-state index contributed by atoms with van der Waals surface area (Å²) in [5, 5.41) is 12.8. The second kappa shape index (κ2) is 8.57. The van der Waals surface area contributed by atoms with E-state index in [2.05, 4.69) is 22.4 Å². The highest BCUT2D eigenvalue weighted by molar-refractivity contribution is 7.99. The van der Waals surface area contributed by atoms with Crippen molar-refractivity contribution < 1.29 is 4.79 Å². The van der Waals surface area contributed by atoms with Crippen LogP contribution in [0.15, 0.2) is 23.4 Å². The number of rotatable bonds is 7. The third-order valence-corrected chi connectivity index (χ3v) is 4.64. The minimum absolute atomic E-state index is 0.151. The number of hydrogen-bond donors (Lipinski definition) is 1. The topological polar surface area (TPSA) is 59.8 Å². The van der Waals surface area contributed by atoms with Crippen LogP contribution in [0.25, 0.3) is 0 Å². The van der Waals surface area contributed by atoms with E-state index in [1.54, 1.807) is 18.2 Å². The lowest BCUT2D eigenvalue weighted by atomic mass is 10.3. The van der Waals surface area contributed by atoms with Crippen LogP contribution in [0.3, 0.4) is 0 Å². The molecule has 1 aromatic heterocycles. The molecular formula is C15H18Cl2N4OS. The maximum Gasteiger partial charge on any atom is 0.234 e. The number of aromatic nitrogens is 3. The number of hydrogen-bond acceptors (Lipinski definition) is 4. The normalized spacial score (nSPS) is 10.8. The summed E-state index contributed by atoms with van der Waals surface area (Å²) in [6, 6.07) is 4.96. The maximum atomic E-state index is 12.1. The first-order valence-electron chi connectivity index (χ1n) is 7.34. The third kappa shape index (κ3) is 4.86. The number of carbonyl (C=O) groups is 1. The van der Waals surface area contributed by atoms with Crippen LogP contribution in [0.5, 0.6) is 0 Å². The molecular weight excluding hydrogens is 355 g/mol. The van der Waals surface area contributed by atoms with Gasteiger partial charge in [-0.25, -0.2) is 0 Å². The molecule has 1 heterocycles. The standard InChI is InChI=1S/C15H18Cl2N4OS/c1-3-5-13-19-20-15(21(13)4-2)23-9-14(22)18-12-7-6-10(16)8-11(12)17/h6-8H,3-5,9H2,1-2H3,(H,18,22). The van der Waals surface area contributed by atoms with E-state index >= 15 is 0 Å². The predicted molar refractivity (Wildman–Crippen MR) is 95.5 cm³/mol. The van der Waals surface area contributed by atoms with E-state index in [1.807, 2.05) is 11.5 Å². The first-order valence-corrected chi connectivity index (χ1v) is 9.09. The van der Waals surface area contributed by atoms with Gasteiger partial charge in [-0.15, -0.1) is 10.2 Å². The highest BCUT2D eigenvalue weighted by Gasteiger charge is 2.13. The van der Waals surface area contributed by atoms with Gasteiger partial charge in [0, 0.05) is 18.0 Å². The van der Waals surface area contributed by atoms with Gasteiger partial charge >= 0.3 is 0 Å². The summed E-state index contributed by atoms with van der Waals surface area (Å²) in [6.07, 6.45) is 1.90. The number of nitrogens with zero attached hydrogens (tertiary/aromatic N) is 3. The predicted octanol–water partition coefficient (Wildman–Crippen LogP) is 4.29. The van der Waals surface area contributed by atoms with E-state index in [-0.39, 0.29) is 11.7 Å². The van der Waals surface area contributed by atoms with Crippen molar-refractivity contribution in [3.63, 3.8) is 0 Å². The molecule has 0 saturated carbocycles. The molecule has 0 fully saturated rings. The molecule has 0 saturated heterocycles. The smallest absolute Gasteiger partial charge is 0.234 e. The van der Waals surface area contributed by atoms with E-state index in [4.69, 9.17) is 23.2 Å². The zero-order valence-electron chi connectivity index (χ0n) is 13.0. The minimum atomic E-state index is -0.151. The molecule has 0 radical (unpaired) electrons. The molecule has 1 aromatic carbocycles. The lowest BCUT2D eigenvalue weighted by molar-refractivity contribution is -0.113. The molecule has 5 nitrogen and oxygen atoms in total. The van der Waals surface area contributed by atoms with E-state index in [0.717, 1.165) is 30.4 Å².